The molecular formula is C22H20ClNO3. The number of amides is 1. The second kappa shape index (κ2) is 7.80. The van der Waals surface area contributed by atoms with Crippen LogP contribution in [-0.2, 0) is 4.79 Å². The maximum atomic E-state index is 13.0. The highest BCUT2D eigenvalue weighted by Gasteiger charge is 2.25. The fraction of sp³-hybridized carbons (Fsp3) is 0.182. The van der Waals surface area contributed by atoms with Gasteiger partial charge in [-0.1, -0.05) is 67.9 Å². The van der Waals surface area contributed by atoms with Gasteiger partial charge < -0.3 is 10.4 Å². The quantitative estimate of drug-likeness (QED) is 0.653. The number of carboxylic acids is 1. The molecule has 0 aliphatic carbocycles. The molecule has 0 fully saturated rings. The molecule has 1 atom stereocenters. The number of benzene rings is 3. The van der Waals surface area contributed by atoms with Crippen LogP contribution in [-0.4, -0.2) is 23.0 Å². The van der Waals surface area contributed by atoms with E-state index in [4.69, 9.17) is 11.6 Å². The number of halogens is 1. The summed E-state index contributed by atoms with van der Waals surface area (Å²) in [6.45, 7) is 3.53. The lowest BCUT2D eigenvalue weighted by atomic mass is 9.92. The van der Waals surface area contributed by atoms with Crippen molar-refractivity contribution in [1.29, 1.82) is 0 Å². The maximum Gasteiger partial charge on any atom is 0.326 e. The first-order valence-corrected chi connectivity index (χ1v) is 9.07. The Morgan fingerprint density at radius 2 is 1.63 bits per heavy atom. The summed E-state index contributed by atoms with van der Waals surface area (Å²) in [7, 11) is 0. The van der Waals surface area contributed by atoms with Crippen molar-refractivity contribution in [2.75, 3.05) is 0 Å². The van der Waals surface area contributed by atoms with Gasteiger partial charge in [0, 0.05) is 16.1 Å². The van der Waals surface area contributed by atoms with Crippen molar-refractivity contribution in [2.45, 2.75) is 19.9 Å². The minimum atomic E-state index is -1.05. The van der Waals surface area contributed by atoms with Gasteiger partial charge in [-0.3, -0.25) is 4.79 Å². The van der Waals surface area contributed by atoms with Gasteiger partial charge in [-0.15, -0.1) is 0 Å². The highest BCUT2D eigenvalue weighted by atomic mass is 35.5. The van der Waals surface area contributed by atoms with Crippen LogP contribution in [0.3, 0.4) is 0 Å². The topological polar surface area (TPSA) is 66.4 Å². The molecule has 0 saturated carbocycles. The van der Waals surface area contributed by atoms with Crippen LogP contribution in [0, 0.1) is 5.92 Å². The zero-order valence-electron chi connectivity index (χ0n) is 15.1. The third kappa shape index (κ3) is 3.96. The Balaban J connectivity index is 2.15. The second-order valence-corrected chi connectivity index (χ2v) is 7.19. The third-order valence-corrected chi connectivity index (χ3v) is 4.78. The molecule has 2 N–H and O–H groups in total. The van der Waals surface area contributed by atoms with Gasteiger partial charge in [0.2, 0.25) is 0 Å². The molecule has 1 amide bonds. The van der Waals surface area contributed by atoms with E-state index in [2.05, 4.69) is 5.32 Å². The van der Waals surface area contributed by atoms with E-state index in [0.29, 0.717) is 10.6 Å². The third-order valence-electron chi connectivity index (χ3n) is 4.53. The molecule has 27 heavy (non-hydrogen) atoms. The predicted octanol–water partition coefficient (Wildman–Crippen LogP) is 5.00. The molecule has 0 unspecified atom stereocenters. The Bertz CT molecular complexity index is 996. The van der Waals surface area contributed by atoms with Gasteiger partial charge >= 0.3 is 5.97 Å². The van der Waals surface area contributed by atoms with Crippen molar-refractivity contribution in [3.8, 4) is 11.1 Å². The minimum Gasteiger partial charge on any atom is -0.480 e. The molecule has 3 aromatic rings. The SMILES string of the molecule is CC(C)[C@H](NC(=O)c1ccc2ccccc2c1-c1ccc(Cl)cc1)C(=O)O. The first-order valence-electron chi connectivity index (χ1n) is 8.70. The molecule has 0 radical (unpaired) electrons. The Labute approximate surface area is 162 Å². The van der Waals surface area contributed by atoms with Gasteiger partial charge in [0.15, 0.2) is 0 Å². The molecule has 0 spiro atoms. The monoisotopic (exact) mass is 381 g/mol. The van der Waals surface area contributed by atoms with Crippen LogP contribution < -0.4 is 5.32 Å². The number of nitrogens with one attached hydrogen (secondary N) is 1. The van der Waals surface area contributed by atoms with Gasteiger partial charge in [0.05, 0.1) is 0 Å². The molecule has 138 valence electrons. The van der Waals surface area contributed by atoms with Crippen molar-refractivity contribution < 1.29 is 14.7 Å². The van der Waals surface area contributed by atoms with Gasteiger partial charge in [-0.25, -0.2) is 4.79 Å². The van der Waals surface area contributed by atoms with E-state index in [9.17, 15) is 14.7 Å². The predicted molar refractivity (Wildman–Crippen MR) is 108 cm³/mol. The minimum absolute atomic E-state index is 0.231. The first kappa shape index (κ1) is 18.9. The normalized spacial score (nSPS) is 12.1. The zero-order chi connectivity index (χ0) is 19.6. The van der Waals surface area contributed by atoms with E-state index in [-0.39, 0.29) is 5.92 Å². The summed E-state index contributed by atoms with van der Waals surface area (Å²) >= 11 is 6.01. The number of aliphatic carboxylic acids is 1. The Morgan fingerprint density at radius 3 is 2.26 bits per heavy atom. The van der Waals surface area contributed by atoms with E-state index >= 15 is 0 Å². The Morgan fingerprint density at radius 1 is 0.963 bits per heavy atom. The van der Waals surface area contributed by atoms with Gasteiger partial charge in [0.25, 0.3) is 5.91 Å². The molecule has 0 saturated heterocycles. The standard InChI is InChI=1S/C22H20ClNO3/c1-13(2)20(22(26)27)24-21(25)18-12-9-14-5-3-4-6-17(14)19(18)15-7-10-16(23)11-8-15/h3-13,20H,1-2H3,(H,24,25)(H,26,27)/t20-/m0/s1. The number of rotatable bonds is 5. The highest BCUT2D eigenvalue weighted by Crippen LogP contribution is 2.33. The van der Waals surface area contributed by atoms with Crippen molar-refractivity contribution in [1.82, 2.24) is 5.32 Å². The molecule has 5 heteroatoms. The lowest BCUT2D eigenvalue weighted by Gasteiger charge is -2.20. The van der Waals surface area contributed by atoms with Crippen LogP contribution in [0.25, 0.3) is 21.9 Å². The van der Waals surface area contributed by atoms with E-state index in [1.54, 1.807) is 32.0 Å². The van der Waals surface area contributed by atoms with Gasteiger partial charge in [-0.2, -0.15) is 0 Å². The summed E-state index contributed by atoms with van der Waals surface area (Å²) in [6, 6.07) is 17.7. The number of carboxylic acid groups (broad SMARTS) is 1. The van der Waals surface area contributed by atoms with Crippen LogP contribution in [0.5, 0.6) is 0 Å². The first-order chi connectivity index (χ1) is 12.9. The average molecular weight is 382 g/mol. The van der Waals surface area contributed by atoms with Crippen molar-refractivity contribution in [3.63, 3.8) is 0 Å². The van der Waals surface area contributed by atoms with Crippen molar-refractivity contribution in [3.05, 3.63) is 71.2 Å². The van der Waals surface area contributed by atoms with E-state index in [0.717, 1.165) is 21.9 Å². The van der Waals surface area contributed by atoms with E-state index in [1.165, 1.54) is 0 Å². The summed E-state index contributed by atoms with van der Waals surface area (Å²) < 4.78 is 0. The fourth-order valence-corrected chi connectivity index (χ4v) is 3.25. The second-order valence-electron chi connectivity index (χ2n) is 6.75. The summed E-state index contributed by atoms with van der Waals surface area (Å²) in [5.41, 5.74) is 2.04. The summed E-state index contributed by atoms with van der Waals surface area (Å²) in [5, 5.41) is 14.6. The highest BCUT2D eigenvalue weighted by molar-refractivity contribution is 6.30. The largest absolute Gasteiger partial charge is 0.480 e. The van der Waals surface area contributed by atoms with Gasteiger partial charge in [0.1, 0.15) is 6.04 Å². The molecule has 3 aromatic carbocycles. The molecule has 4 nitrogen and oxygen atoms in total. The van der Waals surface area contributed by atoms with Crippen molar-refractivity contribution in [2.24, 2.45) is 5.92 Å². The number of carbonyl (C=O) groups excluding carboxylic acids is 1. The molecular weight excluding hydrogens is 362 g/mol. The Hall–Kier alpha value is -2.85. The number of hydrogen-bond acceptors (Lipinski definition) is 2. The summed E-state index contributed by atoms with van der Waals surface area (Å²) in [5.74, 6) is -1.69. The molecule has 0 aromatic heterocycles. The smallest absolute Gasteiger partial charge is 0.326 e. The van der Waals surface area contributed by atoms with E-state index < -0.39 is 17.9 Å². The zero-order valence-corrected chi connectivity index (χ0v) is 15.8. The number of hydrogen-bond donors (Lipinski definition) is 2. The van der Waals surface area contributed by atoms with Crippen LogP contribution in [0.4, 0.5) is 0 Å². The molecule has 0 aliphatic rings. The lowest BCUT2D eigenvalue weighted by molar-refractivity contribution is -0.140. The molecule has 0 bridgehead atoms. The Kier molecular flexibility index (Phi) is 5.47. The van der Waals surface area contributed by atoms with Crippen LogP contribution in [0.2, 0.25) is 5.02 Å². The van der Waals surface area contributed by atoms with Crippen LogP contribution >= 0.6 is 11.6 Å². The summed E-state index contributed by atoms with van der Waals surface area (Å²) in [6.07, 6.45) is 0. The van der Waals surface area contributed by atoms with Crippen LogP contribution in [0.15, 0.2) is 60.7 Å². The van der Waals surface area contributed by atoms with Gasteiger partial charge in [-0.05, 0) is 40.5 Å². The van der Waals surface area contributed by atoms with Crippen LogP contribution in [0.1, 0.15) is 24.2 Å². The average Bonchev–Trinajstić information content (AvgIpc) is 2.65. The molecule has 0 aliphatic heterocycles. The van der Waals surface area contributed by atoms with E-state index in [1.807, 2.05) is 42.5 Å². The molecule has 0 heterocycles. The fourth-order valence-electron chi connectivity index (χ4n) is 3.12. The maximum absolute atomic E-state index is 13.0. The van der Waals surface area contributed by atoms with Crippen molar-refractivity contribution >= 4 is 34.2 Å². The number of carbonyl (C=O) groups is 2. The lowest BCUT2D eigenvalue weighted by Crippen LogP contribution is -2.44. The number of fused-ring (bicyclic) bond motifs is 1. The molecule has 3 rings (SSSR count). The summed E-state index contributed by atoms with van der Waals surface area (Å²) in [4.78, 5) is 24.5.